The Morgan fingerprint density at radius 1 is 1.50 bits per heavy atom. The third-order valence-electron chi connectivity index (χ3n) is 3.31. The van der Waals surface area contributed by atoms with Gasteiger partial charge in [0, 0.05) is 20.1 Å². The zero-order chi connectivity index (χ0) is 12.7. The third kappa shape index (κ3) is 1.64. The van der Waals surface area contributed by atoms with Crippen LogP contribution in [-0.4, -0.2) is 36.0 Å². The van der Waals surface area contributed by atoms with Gasteiger partial charge in [0.25, 0.3) is 0 Å². The standard InChI is InChI=1S/C12H14N4OS/c1-7-5-18-10-9(7)14-6-15-11(10)16-3-8(4-16)12(17)13-2/h5-6,8H,3-4H2,1-2H3,(H,13,17). The molecule has 0 spiro atoms. The van der Waals surface area contributed by atoms with E-state index in [-0.39, 0.29) is 11.8 Å². The van der Waals surface area contributed by atoms with Crippen LogP contribution in [0.15, 0.2) is 11.7 Å². The highest BCUT2D eigenvalue weighted by Crippen LogP contribution is 2.33. The van der Waals surface area contributed by atoms with Gasteiger partial charge in [-0.25, -0.2) is 9.97 Å². The van der Waals surface area contributed by atoms with E-state index < -0.39 is 0 Å². The number of fused-ring (bicyclic) bond motifs is 1. The van der Waals surface area contributed by atoms with E-state index in [0.29, 0.717) is 0 Å². The average molecular weight is 262 g/mol. The number of nitrogens with zero attached hydrogens (tertiary/aromatic N) is 3. The van der Waals surface area contributed by atoms with Crippen molar-refractivity contribution in [3.8, 4) is 0 Å². The van der Waals surface area contributed by atoms with E-state index in [9.17, 15) is 4.79 Å². The molecule has 5 nitrogen and oxygen atoms in total. The Bertz CT molecular complexity index is 603. The molecule has 0 bridgehead atoms. The maximum Gasteiger partial charge on any atom is 0.226 e. The van der Waals surface area contributed by atoms with Crippen LogP contribution < -0.4 is 10.2 Å². The van der Waals surface area contributed by atoms with Crippen molar-refractivity contribution in [1.29, 1.82) is 0 Å². The Hall–Kier alpha value is -1.69. The first-order valence-electron chi connectivity index (χ1n) is 5.86. The van der Waals surface area contributed by atoms with E-state index >= 15 is 0 Å². The molecule has 3 heterocycles. The van der Waals surface area contributed by atoms with E-state index in [0.717, 1.165) is 29.1 Å². The second-order valence-corrected chi connectivity index (χ2v) is 5.39. The van der Waals surface area contributed by atoms with Crippen molar-refractivity contribution in [3.63, 3.8) is 0 Å². The fourth-order valence-corrected chi connectivity index (χ4v) is 3.22. The largest absolute Gasteiger partial charge is 0.359 e. The topological polar surface area (TPSA) is 58.1 Å². The number of aryl methyl sites for hydroxylation is 1. The van der Waals surface area contributed by atoms with Crippen LogP contribution in [0.2, 0.25) is 0 Å². The van der Waals surface area contributed by atoms with Gasteiger partial charge < -0.3 is 10.2 Å². The van der Waals surface area contributed by atoms with Crippen molar-refractivity contribution in [2.24, 2.45) is 5.92 Å². The van der Waals surface area contributed by atoms with Gasteiger partial charge in [0.05, 0.1) is 16.1 Å². The lowest BCUT2D eigenvalue weighted by Crippen LogP contribution is -2.53. The van der Waals surface area contributed by atoms with Crippen LogP contribution in [-0.2, 0) is 4.79 Å². The van der Waals surface area contributed by atoms with E-state index in [1.807, 2.05) is 0 Å². The van der Waals surface area contributed by atoms with Gasteiger partial charge in [-0.2, -0.15) is 0 Å². The van der Waals surface area contributed by atoms with E-state index in [2.05, 4.69) is 32.5 Å². The monoisotopic (exact) mass is 262 g/mol. The number of thiophene rings is 1. The Labute approximate surface area is 109 Å². The molecule has 0 unspecified atom stereocenters. The molecule has 94 valence electrons. The van der Waals surface area contributed by atoms with Gasteiger partial charge in [-0.05, 0) is 17.9 Å². The summed E-state index contributed by atoms with van der Waals surface area (Å²) in [6.07, 6.45) is 1.60. The normalized spacial score (nSPS) is 15.8. The first-order valence-corrected chi connectivity index (χ1v) is 6.74. The summed E-state index contributed by atoms with van der Waals surface area (Å²) >= 11 is 1.67. The van der Waals surface area contributed by atoms with Gasteiger partial charge in [0.2, 0.25) is 5.91 Å². The summed E-state index contributed by atoms with van der Waals surface area (Å²) in [6, 6.07) is 0. The second kappa shape index (κ2) is 4.20. The van der Waals surface area contributed by atoms with Gasteiger partial charge in [-0.15, -0.1) is 11.3 Å². The minimum atomic E-state index is 0.0843. The van der Waals surface area contributed by atoms with E-state index in [1.54, 1.807) is 24.7 Å². The van der Waals surface area contributed by atoms with E-state index in [1.165, 1.54) is 5.56 Å². The molecular formula is C12H14N4OS. The van der Waals surface area contributed by atoms with Crippen LogP contribution >= 0.6 is 11.3 Å². The summed E-state index contributed by atoms with van der Waals surface area (Å²) in [7, 11) is 1.68. The molecular weight excluding hydrogens is 248 g/mol. The highest BCUT2D eigenvalue weighted by Gasteiger charge is 2.34. The Morgan fingerprint density at radius 3 is 3.00 bits per heavy atom. The van der Waals surface area contributed by atoms with Crippen molar-refractivity contribution in [2.75, 3.05) is 25.0 Å². The minimum Gasteiger partial charge on any atom is -0.359 e. The summed E-state index contributed by atoms with van der Waals surface area (Å²) in [5.41, 5.74) is 2.20. The van der Waals surface area contributed by atoms with Crippen LogP contribution in [0.4, 0.5) is 5.82 Å². The van der Waals surface area contributed by atoms with Crippen molar-refractivity contribution in [1.82, 2.24) is 15.3 Å². The van der Waals surface area contributed by atoms with Gasteiger partial charge in [-0.3, -0.25) is 4.79 Å². The lowest BCUT2D eigenvalue weighted by molar-refractivity contribution is -0.125. The molecule has 2 aromatic heterocycles. The minimum absolute atomic E-state index is 0.0843. The molecule has 0 aromatic carbocycles. The molecule has 2 aromatic rings. The smallest absolute Gasteiger partial charge is 0.226 e. The first kappa shape index (κ1) is 11.4. The van der Waals surface area contributed by atoms with Gasteiger partial charge in [0.15, 0.2) is 0 Å². The van der Waals surface area contributed by atoms with Gasteiger partial charge in [-0.1, -0.05) is 0 Å². The number of nitrogens with one attached hydrogen (secondary N) is 1. The number of aromatic nitrogens is 2. The van der Waals surface area contributed by atoms with Crippen LogP contribution in [0.5, 0.6) is 0 Å². The molecule has 3 rings (SSSR count). The van der Waals surface area contributed by atoms with Crippen LogP contribution in [0, 0.1) is 12.8 Å². The summed E-state index contributed by atoms with van der Waals surface area (Å²) in [5.74, 6) is 1.15. The van der Waals surface area contributed by atoms with Crippen molar-refractivity contribution < 1.29 is 4.79 Å². The molecule has 1 N–H and O–H groups in total. The number of anilines is 1. The number of carbonyl (C=O) groups is 1. The summed E-state index contributed by atoms with van der Waals surface area (Å²) in [6.45, 7) is 3.53. The lowest BCUT2D eigenvalue weighted by Gasteiger charge is -2.38. The zero-order valence-electron chi connectivity index (χ0n) is 10.3. The molecule has 18 heavy (non-hydrogen) atoms. The number of hydrogen-bond donors (Lipinski definition) is 1. The molecule has 0 aliphatic carbocycles. The Morgan fingerprint density at radius 2 is 2.28 bits per heavy atom. The average Bonchev–Trinajstić information content (AvgIpc) is 2.70. The number of rotatable bonds is 2. The number of amides is 1. The molecule has 1 amide bonds. The van der Waals surface area contributed by atoms with Gasteiger partial charge >= 0.3 is 0 Å². The molecule has 6 heteroatoms. The van der Waals surface area contributed by atoms with Gasteiger partial charge in [0.1, 0.15) is 12.1 Å². The second-order valence-electron chi connectivity index (χ2n) is 4.51. The lowest BCUT2D eigenvalue weighted by atomic mass is 9.99. The van der Waals surface area contributed by atoms with Crippen LogP contribution in [0.1, 0.15) is 5.56 Å². The van der Waals surface area contributed by atoms with Crippen LogP contribution in [0.25, 0.3) is 10.2 Å². The molecule has 1 aliphatic rings. The van der Waals surface area contributed by atoms with Crippen molar-refractivity contribution in [3.05, 3.63) is 17.3 Å². The first-order chi connectivity index (χ1) is 8.70. The highest BCUT2D eigenvalue weighted by molar-refractivity contribution is 7.18. The number of carbonyl (C=O) groups excluding carboxylic acids is 1. The predicted octanol–water partition coefficient (Wildman–Crippen LogP) is 1.18. The Kier molecular flexibility index (Phi) is 2.66. The fraction of sp³-hybridized carbons (Fsp3) is 0.417. The van der Waals surface area contributed by atoms with Crippen LogP contribution in [0.3, 0.4) is 0 Å². The maximum absolute atomic E-state index is 11.5. The summed E-state index contributed by atoms with van der Waals surface area (Å²) in [5, 5.41) is 4.78. The Balaban J connectivity index is 1.87. The summed E-state index contributed by atoms with van der Waals surface area (Å²) < 4.78 is 1.12. The maximum atomic E-state index is 11.5. The predicted molar refractivity (Wildman–Crippen MR) is 71.9 cm³/mol. The zero-order valence-corrected chi connectivity index (χ0v) is 11.1. The fourth-order valence-electron chi connectivity index (χ4n) is 2.20. The molecule has 0 radical (unpaired) electrons. The quantitative estimate of drug-likeness (QED) is 0.883. The van der Waals surface area contributed by atoms with Crippen molar-refractivity contribution in [2.45, 2.75) is 6.92 Å². The van der Waals surface area contributed by atoms with E-state index in [4.69, 9.17) is 0 Å². The molecule has 1 fully saturated rings. The SMILES string of the molecule is CNC(=O)C1CN(c2ncnc3c(C)csc23)C1. The molecule has 1 aliphatic heterocycles. The third-order valence-corrected chi connectivity index (χ3v) is 4.39. The molecule has 0 saturated carbocycles. The highest BCUT2D eigenvalue weighted by atomic mass is 32.1. The summed E-state index contributed by atoms with van der Waals surface area (Å²) in [4.78, 5) is 22.3. The molecule has 0 atom stereocenters. The number of hydrogen-bond acceptors (Lipinski definition) is 5. The molecule has 1 saturated heterocycles. The van der Waals surface area contributed by atoms with Crippen molar-refractivity contribution >= 4 is 33.3 Å².